The molecule has 3 nitrogen and oxygen atoms in total. The third-order valence-corrected chi connectivity index (χ3v) is 1.98. The van der Waals surface area contributed by atoms with Crippen LogP contribution in [0.15, 0.2) is 18.2 Å². The van der Waals surface area contributed by atoms with Gasteiger partial charge in [0.15, 0.2) is 0 Å². The maximum absolute atomic E-state index is 11.1. The summed E-state index contributed by atoms with van der Waals surface area (Å²) in [5.74, 6) is -0.0254. The number of phenols is 1. The van der Waals surface area contributed by atoms with E-state index in [-0.39, 0.29) is 24.0 Å². The minimum Gasteiger partial charge on any atom is -0.506 e. The van der Waals surface area contributed by atoms with Crippen LogP contribution in [0.25, 0.3) is 0 Å². The van der Waals surface area contributed by atoms with Crippen molar-refractivity contribution in [3.63, 3.8) is 0 Å². The molecule has 0 spiro atoms. The second-order valence-electron chi connectivity index (χ2n) is 2.65. The van der Waals surface area contributed by atoms with E-state index < -0.39 is 0 Å². The van der Waals surface area contributed by atoms with E-state index in [2.05, 4.69) is 5.32 Å². The summed E-state index contributed by atoms with van der Waals surface area (Å²) in [7, 11) is 0. The Morgan fingerprint density at radius 1 is 1.50 bits per heavy atom. The van der Waals surface area contributed by atoms with Crippen LogP contribution in [0.1, 0.15) is 6.42 Å². The summed E-state index contributed by atoms with van der Waals surface area (Å²) in [4.78, 5) is 11.1. The zero-order chi connectivity index (χ0) is 10.6. The molecule has 0 fully saturated rings. The van der Waals surface area contributed by atoms with Crippen molar-refractivity contribution in [2.75, 3.05) is 11.2 Å². The summed E-state index contributed by atoms with van der Waals surface area (Å²) in [6.07, 6.45) is 0.202. The number of anilines is 1. The topological polar surface area (TPSA) is 49.3 Å². The van der Waals surface area contributed by atoms with Crippen molar-refractivity contribution in [2.24, 2.45) is 0 Å². The lowest BCUT2D eigenvalue weighted by Gasteiger charge is -2.06. The lowest BCUT2D eigenvalue weighted by Crippen LogP contribution is -2.11. The van der Waals surface area contributed by atoms with E-state index in [0.29, 0.717) is 10.7 Å². The van der Waals surface area contributed by atoms with Gasteiger partial charge in [-0.1, -0.05) is 11.6 Å². The average molecular weight is 234 g/mol. The van der Waals surface area contributed by atoms with E-state index >= 15 is 0 Å². The monoisotopic (exact) mass is 233 g/mol. The number of hydrogen-bond donors (Lipinski definition) is 2. The Labute approximate surface area is 91.6 Å². The van der Waals surface area contributed by atoms with Crippen LogP contribution in [0.2, 0.25) is 5.02 Å². The maximum atomic E-state index is 11.1. The van der Waals surface area contributed by atoms with Gasteiger partial charge in [-0.2, -0.15) is 0 Å². The van der Waals surface area contributed by atoms with Crippen molar-refractivity contribution in [2.45, 2.75) is 6.42 Å². The first-order valence-electron chi connectivity index (χ1n) is 3.98. The number of carbonyl (C=O) groups is 1. The predicted molar refractivity (Wildman–Crippen MR) is 57.1 cm³/mol. The number of benzene rings is 1. The lowest BCUT2D eigenvalue weighted by molar-refractivity contribution is -0.115. The van der Waals surface area contributed by atoms with E-state index in [1.54, 1.807) is 0 Å². The van der Waals surface area contributed by atoms with Crippen LogP contribution < -0.4 is 5.32 Å². The molecular formula is C9H9Cl2NO2. The van der Waals surface area contributed by atoms with Gasteiger partial charge < -0.3 is 10.4 Å². The Bertz CT molecular complexity index is 342. The van der Waals surface area contributed by atoms with Gasteiger partial charge in [0.05, 0.1) is 5.69 Å². The quantitative estimate of drug-likeness (QED) is 0.623. The molecule has 0 saturated carbocycles. The average Bonchev–Trinajstić information content (AvgIpc) is 2.12. The van der Waals surface area contributed by atoms with Gasteiger partial charge in [-0.3, -0.25) is 4.79 Å². The SMILES string of the molecule is O=C(CCCl)Nc1cc(Cl)ccc1O. The Hall–Kier alpha value is -0.930. The van der Waals surface area contributed by atoms with Gasteiger partial charge in [-0.05, 0) is 18.2 Å². The summed E-state index contributed by atoms with van der Waals surface area (Å²) in [5.41, 5.74) is 0.299. The van der Waals surface area contributed by atoms with Gasteiger partial charge >= 0.3 is 0 Å². The first-order valence-corrected chi connectivity index (χ1v) is 4.89. The molecule has 0 unspecified atom stereocenters. The highest BCUT2D eigenvalue weighted by atomic mass is 35.5. The van der Waals surface area contributed by atoms with E-state index in [1.165, 1.54) is 18.2 Å². The molecule has 5 heteroatoms. The first kappa shape index (κ1) is 11.1. The van der Waals surface area contributed by atoms with Gasteiger partial charge in [-0.15, -0.1) is 11.6 Å². The van der Waals surface area contributed by atoms with Crippen LogP contribution >= 0.6 is 23.2 Å². The standard InChI is InChI=1S/C9H9Cl2NO2/c10-4-3-9(14)12-7-5-6(11)1-2-8(7)13/h1-2,5,13H,3-4H2,(H,12,14). The van der Waals surface area contributed by atoms with E-state index in [4.69, 9.17) is 23.2 Å². The number of phenolic OH excluding ortho intramolecular Hbond substituents is 1. The molecule has 0 aliphatic rings. The van der Waals surface area contributed by atoms with Crippen molar-refractivity contribution in [1.29, 1.82) is 0 Å². The Morgan fingerprint density at radius 2 is 2.21 bits per heavy atom. The number of carbonyl (C=O) groups excluding carboxylic acids is 1. The second kappa shape index (κ2) is 5.08. The highest BCUT2D eigenvalue weighted by Crippen LogP contribution is 2.26. The molecule has 1 amide bonds. The molecule has 0 aliphatic carbocycles. The number of halogens is 2. The van der Waals surface area contributed by atoms with Crippen LogP contribution in [0, 0.1) is 0 Å². The molecule has 1 aromatic carbocycles. The number of alkyl halides is 1. The molecule has 76 valence electrons. The van der Waals surface area contributed by atoms with Crippen molar-refractivity contribution < 1.29 is 9.90 Å². The summed E-state index contributed by atoms with van der Waals surface area (Å²) in [6.45, 7) is 0. The molecule has 1 rings (SSSR count). The van der Waals surface area contributed by atoms with Crippen LogP contribution in [-0.2, 0) is 4.79 Å². The Kier molecular flexibility index (Phi) is 4.04. The zero-order valence-corrected chi connectivity index (χ0v) is 8.77. The van der Waals surface area contributed by atoms with Crippen molar-refractivity contribution in [3.05, 3.63) is 23.2 Å². The first-order chi connectivity index (χ1) is 6.63. The second-order valence-corrected chi connectivity index (χ2v) is 3.46. The molecule has 0 heterocycles. The maximum Gasteiger partial charge on any atom is 0.225 e. The van der Waals surface area contributed by atoms with E-state index in [0.717, 1.165) is 0 Å². The highest BCUT2D eigenvalue weighted by Gasteiger charge is 2.05. The fraction of sp³-hybridized carbons (Fsp3) is 0.222. The molecule has 0 atom stereocenters. The summed E-state index contributed by atoms with van der Waals surface area (Å²) in [6, 6.07) is 4.43. The minimum absolute atomic E-state index is 0.0164. The lowest BCUT2D eigenvalue weighted by atomic mass is 10.3. The molecule has 0 radical (unpaired) electrons. The van der Waals surface area contributed by atoms with Crippen LogP contribution in [0.4, 0.5) is 5.69 Å². The molecule has 0 saturated heterocycles. The van der Waals surface area contributed by atoms with E-state index in [1.807, 2.05) is 0 Å². The minimum atomic E-state index is -0.252. The normalized spacial score (nSPS) is 9.86. The number of nitrogens with one attached hydrogen (secondary N) is 1. The molecule has 1 aromatic rings. The summed E-state index contributed by atoms with van der Waals surface area (Å²) in [5, 5.41) is 12.3. The third kappa shape index (κ3) is 3.09. The molecule has 14 heavy (non-hydrogen) atoms. The zero-order valence-electron chi connectivity index (χ0n) is 7.26. The predicted octanol–water partition coefficient (Wildman–Crippen LogP) is 2.61. The summed E-state index contributed by atoms with van der Waals surface area (Å²) < 4.78 is 0. The van der Waals surface area contributed by atoms with Gasteiger partial charge in [0.2, 0.25) is 5.91 Å². The van der Waals surface area contributed by atoms with Gasteiger partial charge in [-0.25, -0.2) is 0 Å². The van der Waals surface area contributed by atoms with E-state index in [9.17, 15) is 9.90 Å². The summed E-state index contributed by atoms with van der Waals surface area (Å²) >= 11 is 11.1. The number of hydrogen-bond acceptors (Lipinski definition) is 2. The fourth-order valence-corrected chi connectivity index (χ4v) is 1.25. The number of rotatable bonds is 3. The van der Waals surface area contributed by atoms with Crippen molar-refractivity contribution in [1.82, 2.24) is 0 Å². The molecule has 2 N–H and O–H groups in total. The van der Waals surface area contributed by atoms with Crippen molar-refractivity contribution >= 4 is 34.8 Å². The van der Waals surface area contributed by atoms with Crippen molar-refractivity contribution in [3.8, 4) is 5.75 Å². The highest BCUT2D eigenvalue weighted by molar-refractivity contribution is 6.31. The molecule has 0 bridgehead atoms. The molecular weight excluding hydrogens is 225 g/mol. The fourth-order valence-electron chi connectivity index (χ4n) is 0.907. The smallest absolute Gasteiger partial charge is 0.225 e. The van der Waals surface area contributed by atoms with Gasteiger partial charge in [0.25, 0.3) is 0 Å². The largest absolute Gasteiger partial charge is 0.506 e. The molecule has 0 aromatic heterocycles. The number of aromatic hydroxyl groups is 1. The number of amides is 1. The third-order valence-electron chi connectivity index (χ3n) is 1.55. The molecule has 0 aliphatic heterocycles. The van der Waals surface area contributed by atoms with Gasteiger partial charge in [0.1, 0.15) is 5.75 Å². The van der Waals surface area contributed by atoms with Crippen LogP contribution in [-0.4, -0.2) is 16.9 Å². The van der Waals surface area contributed by atoms with Gasteiger partial charge in [0, 0.05) is 17.3 Å². The Morgan fingerprint density at radius 3 is 2.86 bits per heavy atom. The Balaban J connectivity index is 2.75. The van der Waals surface area contributed by atoms with Crippen LogP contribution in [0.5, 0.6) is 5.75 Å². The van der Waals surface area contributed by atoms with Crippen LogP contribution in [0.3, 0.4) is 0 Å².